The molecule has 27 heavy (non-hydrogen) atoms. The predicted molar refractivity (Wildman–Crippen MR) is 90.0 cm³/mol. The minimum atomic E-state index is -0.972. The molecule has 0 amide bonds. The standard InChI is InChI=1S/C17H17NO9/c1-4-25-14-8-12(18(21)22)11(7-13(14)23-2)16(19)27-9-10-5-6-26-15(10)17(20)24-3/h5-8H,4,9H2,1-3H3. The third kappa shape index (κ3) is 4.35. The molecule has 1 aromatic carbocycles. The van der Waals surface area contributed by atoms with Gasteiger partial charge in [0.2, 0.25) is 5.76 Å². The van der Waals surface area contributed by atoms with Crippen molar-refractivity contribution in [3.63, 3.8) is 0 Å². The quantitative estimate of drug-likeness (QED) is 0.386. The van der Waals surface area contributed by atoms with Crippen LogP contribution >= 0.6 is 0 Å². The lowest BCUT2D eigenvalue weighted by Gasteiger charge is -2.11. The van der Waals surface area contributed by atoms with Crippen LogP contribution in [0.2, 0.25) is 0 Å². The SMILES string of the molecule is CCOc1cc([N+](=O)[O-])c(C(=O)OCc2ccoc2C(=O)OC)cc1OC. The van der Waals surface area contributed by atoms with E-state index in [1.807, 2.05) is 0 Å². The fourth-order valence-corrected chi connectivity index (χ4v) is 2.23. The Kier molecular flexibility index (Phi) is 6.36. The maximum atomic E-state index is 12.4. The van der Waals surface area contributed by atoms with Crippen molar-refractivity contribution in [2.75, 3.05) is 20.8 Å². The molecule has 0 spiro atoms. The summed E-state index contributed by atoms with van der Waals surface area (Å²) in [7, 11) is 2.52. The van der Waals surface area contributed by atoms with Crippen LogP contribution < -0.4 is 9.47 Å². The molecule has 0 N–H and O–H groups in total. The minimum Gasteiger partial charge on any atom is -0.493 e. The Morgan fingerprint density at radius 2 is 1.93 bits per heavy atom. The van der Waals surface area contributed by atoms with Gasteiger partial charge in [0.25, 0.3) is 5.69 Å². The number of benzene rings is 1. The van der Waals surface area contributed by atoms with Gasteiger partial charge in [-0.15, -0.1) is 0 Å². The van der Waals surface area contributed by atoms with Gasteiger partial charge in [-0.05, 0) is 13.0 Å². The number of ether oxygens (including phenoxy) is 4. The molecule has 2 rings (SSSR count). The molecule has 0 aliphatic heterocycles. The molecular weight excluding hydrogens is 362 g/mol. The molecule has 2 aromatic rings. The summed E-state index contributed by atoms with van der Waals surface area (Å²) in [6, 6.07) is 3.69. The van der Waals surface area contributed by atoms with Crippen LogP contribution in [-0.4, -0.2) is 37.7 Å². The molecular formula is C17H17NO9. The van der Waals surface area contributed by atoms with E-state index < -0.39 is 22.5 Å². The predicted octanol–water partition coefficient (Wildman–Crippen LogP) is 2.74. The van der Waals surface area contributed by atoms with Gasteiger partial charge in [0, 0.05) is 11.6 Å². The average molecular weight is 379 g/mol. The van der Waals surface area contributed by atoms with Crippen LogP contribution in [0, 0.1) is 10.1 Å². The lowest BCUT2D eigenvalue weighted by Crippen LogP contribution is -2.11. The molecule has 0 radical (unpaired) electrons. The van der Waals surface area contributed by atoms with E-state index in [4.69, 9.17) is 18.6 Å². The second-order valence-electron chi connectivity index (χ2n) is 5.05. The summed E-state index contributed by atoms with van der Waals surface area (Å²) in [6.45, 7) is 1.62. The van der Waals surface area contributed by atoms with Crippen LogP contribution in [0.4, 0.5) is 5.69 Å². The van der Waals surface area contributed by atoms with Crippen LogP contribution in [0.15, 0.2) is 28.9 Å². The van der Waals surface area contributed by atoms with E-state index in [1.54, 1.807) is 6.92 Å². The molecule has 144 valence electrons. The highest BCUT2D eigenvalue weighted by atomic mass is 16.6. The first kappa shape index (κ1) is 19.8. The van der Waals surface area contributed by atoms with Gasteiger partial charge >= 0.3 is 11.9 Å². The number of rotatable bonds is 8. The smallest absolute Gasteiger partial charge is 0.374 e. The highest BCUT2D eigenvalue weighted by Gasteiger charge is 2.26. The van der Waals surface area contributed by atoms with Crippen LogP contribution in [0.1, 0.15) is 33.4 Å². The molecule has 0 aliphatic carbocycles. The monoisotopic (exact) mass is 379 g/mol. The van der Waals surface area contributed by atoms with E-state index in [0.717, 1.165) is 6.07 Å². The zero-order valence-electron chi connectivity index (χ0n) is 14.8. The first-order valence-electron chi connectivity index (χ1n) is 7.73. The van der Waals surface area contributed by atoms with Crippen LogP contribution in [0.3, 0.4) is 0 Å². The molecule has 0 unspecified atom stereocenters. The topological polar surface area (TPSA) is 127 Å². The molecule has 1 heterocycles. The fraction of sp³-hybridized carbons (Fsp3) is 0.294. The maximum Gasteiger partial charge on any atom is 0.374 e. The average Bonchev–Trinajstić information content (AvgIpc) is 3.13. The Morgan fingerprint density at radius 3 is 2.52 bits per heavy atom. The summed E-state index contributed by atoms with van der Waals surface area (Å²) >= 11 is 0. The summed E-state index contributed by atoms with van der Waals surface area (Å²) in [5.41, 5.74) is -0.552. The van der Waals surface area contributed by atoms with Crippen LogP contribution in [0.5, 0.6) is 11.5 Å². The Labute approximate surface area is 153 Å². The van der Waals surface area contributed by atoms with E-state index in [-0.39, 0.29) is 41.6 Å². The summed E-state index contributed by atoms with van der Waals surface area (Å²) in [6.07, 6.45) is 1.23. The number of nitro groups is 1. The minimum absolute atomic E-state index is 0.121. The molecule has 0 saturated heterocycles. The number of nitro benzene ring substituents is 1. The number of furan rings is 1. The zero-order chi connectivity index (χ0) is 20.0. The van der Waals surface area contributed by atoms with E-state index in [1.165, 1.54) is 32.6 Å². The van der Waals surface area contributed by atoms with Gasteiger partial charge in [-0.25, -0.2) is 9.59 Å². The van der Waals surface area contributed by atoms with Crippen molar-refractivity contribution < 1.29 is 37.9 Å². The Balaban J connectivity index is 2.29. The highest BCUT2D eigenvalue weighted by Crippen LogP contribution is 2.35. The van der Waals surface area contributed by atoms with Gasteiger partial charge in [0.15, 0.2) is 11.5 Å². The molecule has 0 fully saturated rings. The number of hydrogen-bond donors (Lipinski definition) is 0. The van der Waals surface area contributed by atoms with Crippen molar-refractivity contribution >= 4 is 17.6 Å². The lowest BCUT2D eigenvalue weighted by atomic mass is 10.1. The number of carbonyl (C=O) groups excluding carboxylic acids is 2. The van der Waals surface area contributed by atoms with E-state index >= 15 is 0 Å². The van der Waals surface area contributed by atoms with E-state index in [0.29, 0.717) is 0 Å². The second-order valence-corrected chi connectivity index (χ2v) is 5.05. The molecule has 1 aromatic heterocycles. The van der Waals surface area contributed by atoms with Gasteiger partial charge in [-0.2, -0.15) is 0 Å². The second kappa shape index (κ2) is 8.70. The normalized spacial score (nSPS) is 10.2. The Bertz CT molecular complexity index is 856. The molecule has 0 bridgehead atoms. The first-order valence-corrected chi connectivity index (χ1v) is 7.73. The van der Waals surface area contributed by atoms with Crippen molar-refractivity contribution in [1.82, 2.24) is 0 Å². The molecule has 10 heteroatoms. The lowest BCUT2D eigenvalue weighted by molar-refractivity contribution is -0.385. The first-order chi connectivity index (χ1) is 12.9. The van der Waals surface area contributed by atoms with E-state index in [2.05, 4.69) is 4.74 Å². The summed E-state index contributed by atoms with van der Waals surface area (Å²) < 4.78 is 25.0. The van der Waals surface area contributed by atoms with Crippen molar-refractivity contribution in [2.24, 2.45) is 0 Å². The number of hydrogen-bond acceptors (Lipinski definition) is 9. The summed E-state index contributed by atoms with van der Waals surface area (Å²) in [4.78, 5) is 34.5. The van der Waals surface area contributed by atoms with Crippen LogP contribution in [0.25, 0.3) is 0 Å². The largest absolute Gasteiger partial charge is 0.493 e. The van der Waals surface area contributed by atoms with Gasteiger partial charge in [-0.1, -0.05) is 0 Å². The van der Waals surface area contributed by atoms with Crippen LogP contribution in [-0.2, 0) is 16.1 Å². The van der Waals surface area contributed by atoms with Gasteiger partial charge in [0.05, 0.1) is 38.1 Å². The molecule has 0 aliphatic rings. The molecule has 10 nitrogen and oxygen atoms in total. The molecule has 0 atom stereocenters. The number of esters is 2. The van der Waals surface area contributed by atoms with Crippen molar-refractivity contribution in [1.29, 1.82) is 0 Å². The van der Waals surface area contributed by atoms with Crippen molar-refractivity contribution in [2.45, 2.75) is 13.5 Å². The number of methoxy groups -OCH3 is 2. The third-order valence-corrected chi connectivity index (χ3v) is 3.47. The third-order valence-electron chi connectivity index (χ3n) is 3.47. The fourth-order valence-electron chi connectivity index (χ4n) is 2.23. The highest BCUT2D eigenvalue weighted by molar-refractivity contribution is 5.95. The summed E-state index contributed by atoms with van der Waals surface area (Å²) in [5.74, 6) is -1.55. The summed E-state index contributed by atoms with van der Waals surface area (Å²) in [5, 5.41) is 11.3. The van der Waals surface area contributed by atoms with Gasteiger partial charge in [-0.3, -0.25) is 10.1 Å². The zero-order valence-corrected chi connectivity index (χ0v) is 14.8. The number of carbonyl (C=O) groups is 2. The molecule has 0 saturated carbocycles. The van der Waals surface area contributed by atoms with E-state index in [9.17, 15) is 19.7 Å². The van der Waals surface area contributed by atoms with Crippen molar-refractivity contribution in [3.05, 3.63) is 51.5 Å². The number of nitrogens with zero attached hydrogens (tertiary/aromatic N) is 1. The Morgan fingerprint density at radius 1 is 1.19 bits per heavy atom. The van der Waals surface area contributed by atoms with Gasteiger partial charge in [0.1, 0.15) is 12.2 Å². The maximum absolute atomic E-state index is 12.4. The van der Waals surface area contributed by atoms with Crippen molar-refractivity contribution in [3.8, 4) is 11.5 Å². The van der Waals surface area contributed by atoms with Gasteiger partial charge < -0.3 is 23.4 Å². The Hall–Kier alpha value is -3.56.